The maximum absolute atomic E-state index is 13.7. The molecule has 2 N–H and O–H groups in total. The number of nitrogens with two attached hydrogens (primary N) is 1. The third kappa shape index (κ3) is 3.00. The van der Waals surface area contributed by atoms with Crippen molar-refractivity contribution in [2.75, 3.05) is 6.54 Å². The lowest BCUT2D eigenvalue weighted by Crippen LogP contribution is -2.06. The van der Waals surface area contributed by atoms with E-state index in [2.05, 4.69) is 0 Å². The molecule has 0 saturated carbocycles. The lowest BCUT2D eigenvalue weighted by molar-refractivity contribution is 0.467. The Labute approximate surface area is 110 Å². The van der Waals surface area contributed by atoms with Gasteiger partial charge in [0, 0.05) is 10.6 Å². The highest BCUT2D eigenvalue weighted by atomic mass is 35.5. The van der Waals surface area contributed by atoms with E-state index in [1.54, 1.807) is 36.4 Å². The Kier molecular flexibility index (Phi) is 4.18. The summed E-state index contributed by atoms with van der Waals surface area (Å²) < 4.78 is 19.3. The Morgan fingerprint density at radius 1 is 1.17 bits per heavy atom. The zero-order valence-corrected chi connectivity index (χ0v) is 10.5. The predicted octanol–water partition coefficient (Wildman–Crippen LogP) is 3.77. The summed E-state index contributed by atoms with van der Waals surface area (Å²) in [5.41, 5.74) is 5.96. The van der Waals surface area contributed by atoms with E-state index < -0.39 is 0 Å². The monoisotopic (exact) mass is 265 g/mol. The van der Waals surface area contributed by atoms with Gasteiger partial charge in [-0.15, -0.1) is 0 Å². The number of halogens is 2. The van der Waals surface area contributed by atoms with Gasteiger partial charge in [-0.3, -0.25) is 0 Å². The van der Waals surface area contributed by atoms with Gasteiger partial charge in [0.05, 0.1) is 0 Å². The van der Waals surface area contributed by atoms with Crippen LogP contribution >= 0.6 is 11.6 Å². The molecule has 0 aliphatic heterocycles. The zero-order valence-electron chi connectivity index (χ0n) is 9.70. The average Bonchev–Trinajstić information content (AvgIpc) is 2.34. The molecule has 0 unspecified atom stereocenters. The first-order chi connectivity index (χ1) is 8.70. The Morgan fingerprint density at radius 2 is 1.94 bits per heavy atom. The van der Waals surface area contributed by atoms with Crippen molar-refractivity contribution in [3.05, 3.63) is 58.9 Å². The first-order valence-corrected chi connectivity index (χ1v) is 5.99. The van der Waals surface area contributed by atoms with Crippen molar-refractivity contribution in [1.82, 2.24) is 0 Å². The normalized spacial score (nSPS) is 10.4. The molecule has 0 aliphatic carbocycles. The Hall–Kier alpha value is -1.58. The molecule has 0 bridgehead atoms. The van der Waals surface area contributed by atoms with Crippen LogP contribution in [0.1, 0.15) is 5.56 Å². The summed E-state index contributed by atoms with van der Waals surface area (Å²) in [4.78, 5) is 0. The number of hydrogen-bond acceptors (Lipinski definition) is 2. The second kappa shape index (κ2) is 5.85. The predicted molar refractivity (Wildman–Crippen MR) is 70.7 cm³/mol. The van der Waals surface area contributed by atoms with Crippen molar-refractivity contribution < 1.29 is 9.13 Å². The van der Waals surface area contributed by atoms with Crippen LogP contribution in [0.4, 0.5) is 4.39 Å². The first-order valence-electron chi connectivity index (χ1n) is 5.61. The summed E-state index contributed by atoms with van der Waals surface area (Å²) in [5, 5.41) is 0.573. The van der Waals surface area contributed by atoms with Gasteiger partial charge in [-0.25, -0.2) is 4.39 Å². The molecule has 0 fully saturated rings. The largest absolute Gasteiger partial charge is 0.457 e. The lowest BCUT2D eigenvalue weighted by atomic mass is 10.1. The van der Waals surface area contributed by atoms with Crippen LogP contribution in [0.3, 0.4) is 0 Å². The van der Waals surface area contributed by atoms with E-state index in [4.69, 9.17) is 22.1 Å². The molecule has 0 radical (unpaired) electrons. The first kappa shape index (κ1) is 12.9. The fraction of sp³-hybridized carbons (Fsp3) is 0.143. The summed E-state index contributed by atoms with van der Waals surface area (Å²) >= 11 is 5.87. The van der Waals surface area contributed by atoms with Crippen LogP contribution in [0.25, 0.3) is 0 Å². The standard InChI is InChI=1S/C14H13ClFNO/c15-10-3-1-4-11(9-10)18-14-6-2-5-13(16)12(14)7-8-17/h1-6,9H,7-8,17H2. The molecule has 0 aliphatic rings. The van der Waals surface area contributed by atoms with Crippen molar-refractivity contribution in [1.29, 1.82) is 0 Å². The van der Waals surface area contributed by atoms with Crippen molar-refractivity contribution in [3.8, 4) is 11.5 Å². The van der Waals surface area contributed by atoms with Gasteiger partial charge in [0.2, 0.25) is 0 Å². The number of rotatable bonds is 4. The third-order valence-corrected chi connectivity index (χ3v) is 2.73. The van der Waals surface area contributed by atoms with E-state index in [1.807, 2.05) is 0 Å². The van der Waals surface area contributed by atoms with Crippen LogP contribution in [-0.4, -0.2) is 6.54 Å². The third-order valence-electron chi connectivity index (χ3n) is 2.49. The van der Waals surface area contributed by atoms with Gasteiger partial charge >= 0.3 is 0 Å². The number of hydrogen-bond donors (Lipinski definition) is 1. The lowest BCUT2D eigenvalue weighted by Gasteiger charge is -2.11. The molecule has 2 nitrogen and oxygen atoms in total. The fourth-order valence-electron chi connectivity index (χ4n) is 1.68. The minimum atomic E-state index is -0.306. The van der Waals surface area contributed by atoms with Crippen LogP contribution in [0.2, 0.25) is 5.02 Å². The molecule has 94 valence electrons. The van der Waals surface area contributed by atoms with E-state index in [-0.39, 0.29) is 5.82 Å². The topological polar surface area (TPSA) is 35.2 Å². The molecule has 2 aromatic rings. The van der Waals surface area contributed by atoms with Gasteiger partial charge < -0.3 is 10.5 Å². The molecule has 0 aromatic heterocycles. The van der Waals surface area contributed by atoms with E-state index in [9.17, 15) is 4.39 Å². The Morgan fingerprint density at radius 3 is 2.67 bits per heavy atom. The van der Waals surface area contributed by atoms with Crippen molar-refractivity contribution in [2.45, 2.75) is 6.42 Å². The summed E-state index contributed by atoms with van der Waals surface area (Å²) in [6.45, 7) is 0.368. The number of benzene rings is 2. The summed E-state index contributed by atoms with van der Waals surface area (Å²) in [7, 11) is 0. The minimum Gasteiger partial charge on any atom is -0.457 e. The highest BCUT2D eigenvalue weighted by Crippen LogP contribution is 2.28. The van der Waals surface area contributed by atoms with Gasteiger partial charge in [0.1, 0.15) is 17.3 Å². The molecule has 18 heavy (non-hydrogen) atoms. The highest BCUT2D eigenvalue weighted by Gasteiger charge is 2.09. The molecule has 0 saturated heterocycles. The van der Waals surface area contributed by atoms with Gasteiger partial charge in [-0.05, 0) is 43.3 Å². The van der Waals surface area contributed by atoms with Crippen molar-refractivity contribution in [2.24, 2.45) is 5.73 Å². The van der Waals surface area contributed by atoms with Crippen LogP contribution in [0, 0.1) is 5.82 Å². The van der Waals surface area contributed by atoms with Crippen LogP contribution < -0.4 is 10.5 Å². The quantitative estimate of drug-likeness (QED) is 0.913. The second-order valence-corrected chi connectivity index (χ2v) is 4.25. The van der Waals surface area contributed by atoms with Crippen molar-refractivity contribution in [3.63, 3.8) is 0 Å². The molecule has 0 heterocycles. The van der Waals surface area contributed by atoms with Gasteiger partial charge in [-0.1, -0.05) is 23.7 Å². The molecule has 2 aromatic carbocycles. The molecule has 0 spiro atoms. The minimum absolute atomic E-state index is 0.306. The fourth-order valence-corrected chi connectivity index (χ4v) is 1.86. The van der Waals surface area contributed by atoms with E-state index in [0.717, 1.165) is 0 Å². The summed E-state index contributed by atoms with van der Waals surface area (Å²) in [6.07, 6.45) is 0.433. The van der Waals surface area contributed by atoms with Gasteiger partial charge in [0.25, 0.3) is 0 Å². The van der Waals surface area contributed by atoms with E-state index in [0.29, 0.717) is 35.1 Å². The Balaban J connectivity index is 2.31. The molecule has 0 amide bonds. The Bertz CT molecular complexity index is 545. The molecule has 0 atom stereocenters. The number of ether oxygens (including phenoxy) is 1. The van der Waals surface area contributed by atoms with E-state index in [1.165, 1.54) is 6.07 Å². The summed E-state index contributed by atoms with van der Waals surface area (Å²) in [5.74, 6) is 0.745. The van der Waals surface area contributed by atoms with Crippen LogP contribution in [-0.2, 0) is 6.42 Å². The average molecular weight is 266 g/mol. The van der Waals surface area contributed by atoms with Crippen LogP contribution in [0.15, 0.2) is 42.5 Å². The highest BCUT2D eigenvalue weighted by molar-refractivity contribution is 6.30. The van der Waals surface area contributed by atoms with E-state index >= 15 is 0 Å². The van der Waals surface area contributed by atoms with Gasteiger partial charge in [0.15, 0.2) is 0 Å². The zero-order chi connectivity index (χ0) is 13.0. The molecular formula is C14H13ClFNO. The van der Waals surface area contributed by atoms with Crippen molar-refractivity contribution >= 4 is 11.6 Å². The second-order valence-electron chi connectivity index (χ2n) is 3.81. The summed E-state index contributed by atoms with van der Waals surface area (Å²) in [6, 6.07) is 11.7. The molecule has 2 rings (SSSR count). The smallest absolute Gasteiger partial charge is 0.133 e. The van der Waals surface area contributed by atoms with Crippen LogP contribution in [0.5, 0.6) is 11.5 Å². The van der Waals surface area contributed by atoms with Gasteiger partial charge in [-0.2, -0.15) is 0 Å². The molecular weight excluding hydrogens is 253 g/mol. The SMILES string of the molecule is NCCc1c(F)cccc1Oc1cccc(Cl)c1. The maximum atomic E-state index is 13.7. The maximum Gasteiger partial charge on any atom is 0.133 e. The molecule has 4 heteroatoms.